The zero-order valence-corrected chi connectivity index (χ0v) is 15.8. The lowest BCUT2D eigenvalue weighted by Gasteiger charge is -2.48. The largest absolute Gasteiger partial charge is 0.317 e. The van der Waals surface area contributed by atoms with E-state index in [1.165, 1.54) is 16.2 Å². The first-order valence-corrected chi connectivity index (χ1v) is 9.93. The summed E-state index contributed by atoms with van der Waals surface area (Å²) in [5.74, 6) is 0.347. The number of aromatic nitrogens is 2. The van der Waals surface area contributed by atoms with Gasteiger partial charge in [-0.15, -0.1) is 23.1 Å². The van der Waals surface area contributed by atoms with Crippen LogP contribution in [-0.4, -0.2) is 38.1 Å². The number of pyridine rings is 1. The first-order chi connectivity index (χ1) is 12.0. The standard InChI is InChI=1S/C16H14N4O2S3/c1-19-4-2-8(3-5-19)10-7-24-13(18-10)9-6-25-15-11(17)14(21)20(15)12(9)16(22)23/h2-5,7,11,15H,6,17H2,1H3/p+1/t11?,15-/m1/s1. The molecule has 1 unspecified atom stereocenters. The zero-order valence-electron chi connectivity index (χ0n) is 13.2. The summed E-state index contributed by atoms with van der Waals surface area (Å²) in [6, 6.07) is 3.43. The van der Waals surface area contributed by atoms with E-state index in [-0.39, 0.29) is 11.3 Å². The Labute approximate surface area is 158 Å². The highest BCUT2D eigenvalue weighted by molar-refractivity contribution is 8.00. The molecule has 9 heteroatoms. The Balaban J connectivity index is 1.74. The number of carbonyl (C=O) groups excluding carboxylic acids is 2. The number of rotatable bonds is 3. The van der Waals surface area contributed by atoms with Crippen LogP contribution in [0.1, 0.15) is 5.01 Å². The molecule has 0 radical (unpaired) electrons. The van der Waals surface area contributed by atoms with Crippen molar-refractivity contribution in [1.82, 2.24) is 9.88 Å². The van der Waals surface area contributed by atoms with Gasteiger partial charge in [-0.25, -0.2) is 9.55 Å². The van der Waals surface area contributed by atoms with Crippen molar-refractivity contribution in [2.75, 3.05) is 5.75 Å². The molecule has 0 saturated carbocycles. The number of nitrogens with two attached hydrogens (primary N) is 1. The SMILES string of the molecule is C[n+]1ccc(-c2csc(C3=C(C(=O)S)N4C(=O)C(N)[C@H]4SC3)n2)cc1. The average molecular weight is 392 g/mol. The smallest absolute Gasteiger partial charge is 0.248 e. The van der Waals surface area contributed by atoms with E-state index in [0.717, 1.165) is 21.8 Å². The highest BCUT2D eigenvalue weighted by Crippen LogP contribution is 2.44. The summed E-state index contributed by atoms with van der Waals surface area (Å²) >= 11 is 6.99. The molecule has 6 nitrogen and oxygen atoms in total. The van der Waals surface area contributed by atoms with Crippen LogP contribution in [0.3, 0.4) is 0 Å². The van der Waals surface area contributed by atoms with Crippen molar-refractivity contribution in [3.05, 3.63) is 40.6 Å². The Morgan fingerprint density at radius 2 is 2.16 bits per heavy atom. The topological polar surface area (TPSA) is 80.2 Å². The molecule has 1 amide bonds. The average Bonchev–Trinajstić information content (AvgIpc) is 3.10. The summed E-state index contributed by atoms with van der Waals surface area (Å²) < 4.78 is 1.95. The number of thioether (sulfide) groups is 1. The van der Waals surface area contributed by atoms with Gasteiger partial charge in [-0.3, -0.25) is 14.5 Å². The molecule has 0 spiro atoms. The van der Waals surface area contributed by atoms with Gasteiger partial charge in [0.15, 0.2) is 12.4 Å². The number of thiol groups is 1. The molecule has 2 aromatic heterocycles. The fraction of sp³-hybridized carbons (Fsp3) is 0.250. The van der Waals surface area contributed by atoms with Gasteiger partial charge in [0.05, 0.1) is 5.69 Å². The van der Waals surface area contributed by atoms with Gasteiger partial charge < -0.3 is 5.73 Å². The van der Waals surface area contributed by atoms with E-state index >= 15 is 0 Å². The molecule has 2 aliphatic rings. The number of hydrogen-bond acceptors (Lipinski definition) is 6. The number of nitrogens with zero attached hydrogens (tertiary/aromatic N) is 3. The highest BCUT2D eigenvalue weighted by Gasteiger charge is 2.51. The molecule has 2 atom stereocenters. The van der Waals surface area contributed by atoms with Crippen LogP contribution in [0.15, 0.2) is 35.6 Å². The van der Waals surface area contributed by atoms with Gasteiger partial charge in [-0.1, -0.05) is 12.6 Å². The molecule has 0 aromatic carbocycles. The van der Waals surface area contributed by atoms with E-state index in [4.69, 9.17) is 5.73 Å². The minimum absolute atomic E-state index is 0.184. The van der Waals surface area contributed by atoms with Gasteiger partial charge in [0.2, 0.25) is 11.0 Å². The van der Waals surface area contributed by atoms with Crippen molar-refractivity contribution in [1.29, 1.82) is 0 Å². The van der Waals surface area contributed by atoms with Crippen LogP contribution in [0, 0.1) is 0 Å². The lowest BCUT2D eigenvalue weighted by atomic mass is 10.0. The molecular weight excluding hydrogens is 376 g/mol. The number of fused-ring (bicyclic) bond motifs is 1. The van der Waals surface area contributed by atoms with Crippen molar-refractivity contribution < 1.29 is 14.2 Å². The Kier molecular flexibility index (Phi) is 4.19. The normalized spacial score (nSPS) is 22.7. The third-order valence-electron chi connectivity index (χ3n) is 4.25. The fourth-order valence-electron chi connectivity index (χ4n) is 2.90. The van der Waals surface area contributed by atoms with Gasteiger partial charge in [0, 0.05) is 34.4 Å². The van der Waals surface area contributed by atoms with Crippen molar-refractivity contribution in [2.24, 2.45) is 12.8 Å². The molecule has 128 valence electrons. The van der Waals surface area contributed by atoms with E-state index in [1.807, 2.05) is 41.5 Å². The van der Waals surface area contributed by atoms with Crippen LogP contribution in [0.4, 0.5) is 0 Å². The van der Waals surface area contributed by atoms with Gasteiger partial charge in [0.1, 0.15) is 29.2 Å². The highest BCUT2D eigenvalue weighted by atomic mass is 32.2. The Hall–Kier alpha value is -1.68. The molecule has 4 heterocycles. The molecule has 2 N–H and O–H groups in total. The number of β-lactam (4-membered cyclic amide) rings is 1. The third kappa shape index (κ3) is 2.71. The first kappa shape index (κ1) is 16.8. The van der Waals surface area contributed by atoms with Gasteiger partial charge in [-0.05, 0) is 0 Å². The number of aryl methyl sites for hydroxylation is 1. The quantitative estimate of drug-likeness (QED) is 0.464. The number of carbonyl (C=O) groups is 2. The van der Waals surface area contributed by atoms with Gasteiger partial charge in [-0.2, -0.15) is 0 Å². The molecule has 0 bridgehead atoms. The minimum Gasteiger partial charge on any atom is -0.317 e. The Morgan fingerprint density at radius 1 is 1.44 bits per heavy atom. The molecular formula is C16H15N4O2S3+. The van der Waals surface area contributed by atoms with E-state index in [9.17, 15) is 9.59 Å². The van der Waals surface area contributed by atoms with Crippen LogP contribution in [0.25, 0.3) is 16.8 Å². The maximum Gasteiger partial charge on any atom is 0.248 e. The van der Waals surface area contributed by atoms with Crippen molar-refractivity contribution in [3.63, 3.8) is 0 Å². The lowest BCUT2D eigenvalue weighted by molar-refractivity contribution is -0.671. The second kappa shape index (κ2) is 6.24. The summed E-state index contributed by atoms with van der Waals surface area (Å²) in [5, 5.41) is 2.08. The second-order valence-electron chi connectivity index (χ2n) is 5.86. The monoisotopic (exact) mass is 391 g/mol. The van der Waals surface area contributed by atoms with Crippen LogP contribution in [0.2, 0.25) is 0 Å². The maximum absolute atomic E-state index is 12.1. The molecule has 2 aromatic rings. The van der Waals surface area contributed by atoms with E-state index in [1.54, 1.807) is 11.8 Å². The van der Waals surface area contributed by atoms with Gasteiger partial charge >= 0.3 is 0 Å². The summed E-state index contributed by atoms with van der Waals surface area (Å²) in [6.07, 6.45) is 3.91. The second-order valence-corrected chi connectivity index (χ2v) is 8.23. The lowest BCUT2D eigenvalue weighted by Crippen LogP contribution is -2.68. The number of hydrogen-bond donors (Lipinski definition) is 2. The number of amides is 1. The summed E-state index contributed by atoms with van der Waals surface area (Å²) in [4.78, 5) is 30.3. The Morgan fingerprint density at radius 3 is 2.84 bits per heavy atom. The molecule has 1 fully saturated rings. The van der Waals surface area contributed by atoms with E-state index < -0.39 is 11.2 Å². The molecule has 4 rings (SSSR count). The summed E-state index contributed by atoms with van der Waals surface area (Å²) in [5.41, 5.74) is 8.75. The maximum atomic E-state index is 12.1. The fourth-order valence-corrected chi connectivity index (χ4v) is 5.40. The zero-order chi connectivity index (χ0) is 17.7. The van der Waals surface area contributed by atoms with Crippen LogP contribution < -0.4 is 10.3 Å². The first-order valence-electron chi connectivity index (χ1n) is 7.55. The number of thiazole rings is 1. The van der Waals surface area contributed by atoms with Crippen LogP contribution in [0.5, 0.6) is 0 Å². The molecule has 25 heavy (non-hydrogen) atoms. The molecule has 0 aliphatic carbocycles. The Bertz CT molecular complexity index is 906. The van der Waals surface area contributed by atoms with Gasteiger partial charge in [0.25, 0.3) is 0 Å². The predicted molar refractivity (Wildman–Crippen MR) is 101 cm³/mol. The predicted octanol–water partition coefficient (Wildman–Crippen LogP) is 1.04. The summed E-state index contributed by atoms with van der Waals surface area (Å²) in [7, 11) is 1.95. The van der Waals surface area contributed by atoms with E-state index in [2.05, 4.69) is 17.6 Å². The molecule has 1 saturated heterocycles. The summed E-state index contributed by atoms with van der Waals surface area (Å²) in [6.45, 7) is 0. The minimum atomic E-state index is -0.550. The van der Waals surface area contributed by atoms with Crippen LogP contribution >= 0.6 is 35.7 Å². The van der Waals surface area contributed by atoms with Crippen molar-refractivity contribution >= 4 is 52.3 Å². The molecule has 2 aliphatic heterocycles. The van der Waals surface area contributed by atoms with Crippen molar-refractivity contribution in [3.8, 4) is 11.3 Å². The van der Waals surface area contributed by atoms with E-state index in [0.29, 0.717) is 11.4 Å². The van der Waals surface area contributed by atoms with Crippen LogP contribution in [-0.2, 0) is 16.6 Å². The van der Waals surface area contributed by atoms with Crippen molar-refractivity contribution in [2.45, 2.75) is 11.4 Å². The third-order valence-corrected chi connectivity index (χ3v) is 6.66.